The molecule has 2 amide bonds. The number of fused-ring (bicyclic) bond motifs is 1. The molecule has 1 aliphatic carbocycles. The van der Waals surface area contributed by atoms with Crippen LogP contribution >= 0.6 is 11.6 Å². The number of nitrogens with zero attached hydrogens (tertiary/aromatic N) is 1. The fourth-order valence-electron chi connectivity index (χ4n) is 3.85. The van der Waals surface area contributed by atoms with Gasteiger partial charge in [0.25, 0.3) is 5.91 Å². The Morgan fingerprint density at radius 1 is 1.18 bits per heavy atom. The molecule has 2 aliphatic rings. The quantitative estimate of drug-likeness (QED) is 0.801. The molecule has 1 aliphatic heterocycles. The molecular weight excluding hydrogens is 380 g/mol. The molecule has 0 radical (unpaired) electrons. The summed E-state index contributed by atoms with van der Waals surface area (Å²) in [7, 11) is 1.33. The minimum atomic E-state index is -0.651. The number of esters is 1. The largest absolute Gasteiger partial charge is 0.465 e. The fraction of sp³-hybridized carbons (Fsp3) is 0.286. The van der Waals surface area contributed by atoms with Crippen molar-refractivity contribution in [2.24, 2.45) is 0 Å². The van der Waals surface area contributed by atoms with E-state index >= 15 is 0 Å². The number of amides is 2. The first-order chi connectivity index (χ1) is 13.4. The van der Waals surface area contributed by atoms with Crippen LogP contribution < -0.4 is 5.32 Å². The van der Waals surface area contributed by atoms with Crippen molar-refractivity contribution in [2.75, 3.05) is 12.4 Å². The lowest BCUT2D eigenvalue weighted by atomic mass is 9.98. The SMILES string of the molecule is COC(=O)c1ccc(C2(N3C(=O)c4ccc(Cl)cc4NC(=O)C3C)CC2)cc1. The Labute approximate surface area is 167 Å². The number of benzene rings is 2. The second-order valence-corrected chi connectivity index (χ2v) is 7.57. The van der Waals surface area contributed by atoms with Crippen LogP contribution in [0.1, 0.15) is 46.0 Å². The first-order valence-corrected chi connectivity index (χ1v) is 9.38. The zero-order chi connectivity index (χ0) is 20.1. The van der Waals surface area contributed by atoms with Gasteiger partial charge in [-0.05, 0) is 55.7 Å². The number of carbonyl (C=O) groups excluding carboxylic acids is 3. The summed E-state index contributed by atoms with van der Waals surface area (Å²) >= 11 is 6.03. The first-order valence-electron chi connectivity index (χ1n) is 9.00. The predicted octanol–water partition coefficient (Wildman–Crippen LogP) is 3.60. The van der Waals surface area contributed by atoms with E-state index in [1.807, 2.05) is 12.1 Å². The van der Waals surface area contributed by atoms with Gasteiger partial charge in [-0.15, -0.1) is 0 Å². The highest BCUT2D eigenvalue weighted by Crippen LogP contribution is 2.53. The van der Waals surface area contributed by atoms with Gasteiger partial charge in [0.1, 0.15) is 6.04 Å². The molecule has 144 valence electrons. The summed E-state index contributed by atoms with van der Waals surface area (Å²) in [5.74, 6) is -0.889. The number of ether oxygens (including phenoxy) is 1. The molecule has 1 fully saturated rings. The standard InChI is InChI=1S/C21H19ClN2O4/c1-12-18(25)23-17-11-15(22)7-8-16(17)19(26)24(12)21(9-10-21)14-5-3-13(4-6-14)20(27)28-2/h3-8,11-12H,9-10H2,1-2H3,(H,23,25). The molecule has 2 aromatic carbocycles. The van der Waals surface area contributed by atoms with Gasteiger partial charge in [0.05, 0.1) is 29.5 Å². The molecule has 1 N–H and O–H groups in total. The summed E-state index contributed by atoms with van der Waals surface area (Å²) in [5.41, 5.74) is 1.61. The first kappa shape index (κ1) is 18.5. The summed E-state index contributed by atoms with van der Waals surface area (Å²) in [6, 6.07) is 11.2. The van der Waals surface area contributed by atoms with E-state index in [-0.39, 0.29) is 11.8 Å². The number of carbonyl (C=O) groups is 3. The second-order valence-electron chi connectivity index (χ2n) is 7.13. The number of hydrogen-bond acceptors (Lipinski definition) is 4. The topological polar surface area (TPSA) is 75.7 Å². The van der Waals surface area contributed by atoms with Gasteiger partial charge in [0.2, 0.25) is 5.91 Å². The summed E-state index contributed by atoms with van der Waals surface area (Å²) < 4.78 is 4.74. The molecule has 2 aromatic rings. The normalized spacial score (nSPS) is 20.1. The average Bonchev–Trinajstić information content (AvgIpc) is 3.49. The molecule has 7 heteroatoms. The maximum absolute atomic E-state index is 13.4. The van der Waals surface area contributed by atoms with Gasteiger partial charge in [-0.3, -0.25) is 9.59 Å². The van der Waals surface area contributed by atoms with Crippen molar-refractivity contribution in [2.45, 2.75) is 31.3 Å². The highest BCUT2D eigenvalue weighted by molar-refractivity contribution is 6.31. The molecule has 1 atom stereocenters. The number of methoxy groups -OCH3 is 1. The fourth-order valence-corrected chi connectivity index (χ4v) is 4.03. The van der Waals surface area contributed by atoms with Crippen molar-refractivity contribution in [1.29, 1.82) is 0 Å². The van der Waals surface area contributed by atoms with Crippen LogP contribution in [0.2, 0.25) is 5.02 Å². The number of nitrogens with one attached hydrogen (secondary N) is 1. The Balaban J connectivity index is 1.76. The molecule has 4 rings (SSSR count). The molecule has 0 saturated heterocycles. The number of halogens is 1. The summed E-state index contributed by atoms with van der Waals surface area (Å²) in [6.07, 6.45) is 1.49. The number of rotatable bonds is 3. The monoisotopic (exact) mass is 398 g/mol. The minimum Gasteiger partial charge on any atom is -0.465 e. The zero-order valence-corrected chi connectivity index (χ0v) is 16.2. The Bertz CT molecular complexity index is 982. The molecule has 0 spiro atoms. The maximum atomic E-state index is 13.4. The third kappa shape index (κ3) is 2.85. The van der Waals surface area contributed by atoms with Gasteiger partial charge >= 0.3 is 5.97 Å². The van der Waals surface area contributed by atoms with Crippen LogP contribution in [-0.2, 0) is 15.1 Å². The van der Waals surface area contributed by atoms with Crippen LogP contribution in [0.5, 0.6) is 0 Å². The minimum absolute atomic E-state index is 0.216. The molecule has 6 nitrogen and oxygen atoms in total. The van der Waals surface area contributed by atoms with Crippen molar-refractivity contribution >= 4 is 35.1 Å². The van der Waals surface area contributed by atoms with Crippen molar-refractivity contribution in [1.82, 2.24) is 4.90 Å². The average molecular weight is 399 g/mol. The Kier molecular flexibility index (Phi) is 4.38. The van der Waals surface area contributed by atoms with E-state index in [2.05, 4.69) is 5.32 Å². The lowest BCUT2D eigenvalue weighted by Crippen LogP contribution is -2.49. The Hall–Kier alpha value is -2.86. The van der Waals surface area contributed by atoms with Gasteiger partial charge in [-0.1, -0.05) is 23.7 Å². The molecule has 1 unspecified atom stereocenters. The van der Waals surface area contributed by atoms with Crippen LogP contribution in [0.25, 0.3) is 0 Å². The van der Waals surface area contributed by atoms with Crippen LogP contribution in [0.15, 0.2) is 42.5 Å². The Morgan fingerprint density at radius 3 is 2.46 bits per heavy atom. The highest BCUT2D eigenvalue weighted by Gasteiger charge is 2.55. The maximum Gasteiger partial charge on any atom is 0.337 e. The summed E-state index contributed by atoms with van der Waals surface area (Å²) in [5, 5.41) is 3.26. The summed E-state index contributed by atoms with van der Waals surface area (Å²) in [4.78, 5) is 39.5. The van der Waals surface area contributed by atoms with Crippen molar-refractivity contribution in [3.63, 3.8) is 0 Å². The molecule has 0 bridgehead atoms. The van der Waals surface area contributed by atoms with Gasteiger partial charge in [-0.2, -0.15) is 0 Å². The van der Waals surface area contributed by atoms with Gasteiger partial charge in [0, 0.05) is 5.02 Å². The van der Waals surface area contributed by atoms with Crippen molar-refractivity contribution in [3.8, 4) is 0 Å². The molecule has 1 saturated carbocycles. The lowest BCUT2D eigenvalue weighted by Gasteiger charge is -2.35. The van der Waals surface area contributed by atoms with Gasteiger partial charge < -0.3 is 15.0 Å². The van der Waals surface area contributed by atoms with E-state index in [4.69, 9.17) is 16.3 Å². The summed E-state index contributed by atoms with van der Waals surface area (Å²) in [6.45, 7) is 1.73. The van der Waals surface area contributed by atoms with Crippen LogP contribution in [0.3, 0.4) is 0 Å². The lowest BCUT2D eigenvalue weighted by molar-refractivity contribution is -0.120. The van der Waals surface area contributed by atoms with E-state index in [0.717, 1.165) is 18.4 Å². The smallest absolute Gasteiger partial charge is 0.337 e. The number of anilines is 1. The Morgan fingerprint density at radius 2 is 1.86 bits per heavy atom. The third-order valence-electron chi connectivity index (χ3n) is 5.48. The molecule has 28 heavy (non-hydrogen) atoms. The van der Waals surface area contributed by atoms with E-state index in [1.165, 1.54) is 7.11 Å². The number of hydrogen-bond donors (Lipinski definition) is 1. The zero-order valence-electron chi connectivity index (χ0n) is 15.5. The highest BCUT2D eigenvalue weighted by atomic mass is 35.5. The van der Waals surface area contributed by atoms with Crippen molar-refractivity contribution < 1.29 is 19.1 Å². The van der Waals surface area contributed by atoms with E-state index in [1.54, 1.807) is 42.2 Å². The van der Waals surface area contributed by atoms with E-state index in [0.29, 0.717) is 21.8 Å². The van der Waals surface area contributed by atoms with Crippen molar-refractivity contribution in [3.05, 3.63) is 64.2 Å². The molecule has 1 heterocycles. The third-order valence-corrected chi connectivity index (χ3v) is 5.72. The van der Waals surface area contributed by atoms with E-state index < -0.39 is 17.6 Å². The van der Waals surface area contributed by atoms with Crippen LogP contribution in [-0.4, -0.2) is 35.8 Å². The molecular formula is C21H19ClN2O4. The van der Waals surface area contributed by atoms with Crippen LogP contribution in [0.4, 0.5) is 5.69 Å². The van der Waals surface area contributed by atoms with Gasteiger partial charge in [0.15, 0.2) is 0 Å². The van der Waals surface area contributed by atoms with Gasteiger partial charge in [-0.25, -0.2) is 4.79 Å². The predicted molar refractivity (Wildman–Crippen MR) is 104 cm³/mol. The van der Waals surface area contributed by atoms with E-state index in [9.17, 15) is 14.4 Å². The molecule has 0 aromatic heterocycles. The second kappa shape index (κ2) is 6.63. The van der Waals surface area contributed by atoms with Crippen LogP contribution in [0, 0.1) is 0 Å².